The molecule has 0 saturated heterocycles. The number of amides is 1. The lowest BCUT2D eigenvalue weighted by molar-refractivity contribution is -0.119. The molecule has 8 N–H and O–H groups in total. The molecule has 0 spiro atoms. The number of nitrogens with two attached hydrogens (primary N) is 4. The van der Waals surface area contributed by atoms with Crippen molar-refractivity contribution in [2.45, 2.75) is 82.2 Å². The number of carbonyl (C=O) groups excluding carboxylic acids is 1. The van der Waals surface area contributed by atoms with E-state index in [1.807, 2.05) is 20.8 Å². The molecule has 168 valence electrons. The lowest BCUT2D eigenvalue weighted by Gasteiger charge is -2.36. The first-order valence-corrected chi connectivity index (χ1v) is 11.4. The minimum atomic E-state index is -3.97. The Morgan fingerprint density at radius 1 is 1.10 bits per heavy atom. The van der Waals surface area contributed by atoms with Crippen LogP contribution in [0.1, 0.15) is 55.4 Å². The maximum Gasteiger partial charge on any atom is 0.234 e. The van der Waals surface area contributed by atoms with Crippen molar-refractivity contribution < 1.29 is 17.9 Å². The number of hydrogen-bond acceptors (Lipinski definition) is 6. The summed E-state index contributed by atoms with van der Waals surface area (Å²) in [6, 6.07) is -0.986. The Morgan fingerprint density at radius 3 is 2.23 bits per heavy atom. The van der Waals surface area contributed by atoms with Crippen LogP contribution in [0.5, 0.6) is 5.75 Å². The van der Waals surface area contributed by atoms with Crippen LogP contribution in [0, 0.1) is 20.8 Å². The van der Waals surface area contributed by atoms with Gasteiger partial charge in [0.25, 0.3) is 0 Å². The van der Waals surface area contributed by atoms with E-state index in [-0.39, 0.29) is 29.3 Å². The molecule has 0 aromatic heterocycles. The highest BCUT2D eigenvalue weighted by Gasteiger charge is 2.36. The number of carbonyl (C=O) groups is 1. The van der Waals surface area contributed by atoms with Gasteiger partial charge in [-0.25, -0.2) is 13.4 Å². The molecular weight excluding hydrogens is 406 g/mol. The smallest absolute Gasteiger partial charge is 0.234 e. The highest BCUT2D eigenvalue weighted by molar-refractivity contribution is 7.92. The summed E-state index contributed by atoms with van der Waals surface area (Å²) >= 11 is 0. The van der Waals surface area contributed by atoms with Crippen molar-refractivity contribution in [2.75, 3.05) is 0 Å². The molecule has 0 bridgehead atoms. The summed E-state index contributed by atoms with van der Waals surface area (Å²) in [5.74, 6) is -0.326. The lowest BCUT2D eigenvalue weighted by Crippen LogP contribution is -2.38. The van der Waals surface area contributed by atoms with Crippen molar-refractivity contribution >= 4 is 21.7 Å². The van der Waals surface area contributed by atoms with Gasteiger partial charge >= 0.3 is 0 Å². The third kappa shape index (κ3) is 4.70. The summed E-state index contributed by atoms with van der Waals surface area (Å²) in [7, 11) is -3.97. The van der Waals surface area contributed by atoms with E-state index in [1.165, 1.54) is 0 Å². The van der Waals surface area contributed by atoms with Crippen LogP contribution in [0.2, 0.25) is 0 Å². The van der Waals surface area contributed by atoms with E-state index in [4.69, 9.17) is 27.7 Å². The van der Waals surface area contributed by atoms with Crippen molar-refractivity contribution in [2.24, 2.45) is 27.9 Å². The summed E-state index contributed by atoms with van der Waals surface area (Å²) in [4.78, 5) is 15.4. The van der Waals surface area contributed by atoms with Gasteiger partial charge in [0, 0.05) is 0 Å². The summed E-state index contributed by atoms with van der Waals surface area (Å²) in [5.41, 5.74) is 24.5. The molecule has 1 aliphatic rings. The highest BCUT2D eigenvalue weighted by atomic mass is 32.2. The molecular formula is C20H33N5O4S. The average molecular weight is 440 g/mol. The molecule has 0 fully saturated rings. The molecule has 1 amide bonds. The van der Waals surface area contributed by atoms with Crippen molar-refractivity contribution in [3.05, 3.63) is 22.3 Å². The molecule has 1 aromatic carbocycles. The fourth-order valence-corrected chi connectivity index (χ4v) is 5.94. The van der Waals surface area contributed by atoms with Crippen molar-refractivity contribution in [3.8, 4) is 5.75 Å². The van der Waals surface area contributed by atoms with Crippen LogP contribution < -0.4 is 27.7 Å². The van der Waals surface area contributed by atoms with Gasteiger partial charge in [0.1, 0.15) is 11.4 Å². The topological polar surface area (TPSA) is 177 Å². The standard InChI is InChI=1S/C20H33N5O4S/c1-10-11(2)17(12(3)13-8-9-20(4,5)29-16(10)13)30(27,28)15(25-19(23)24)7-6-14(21)18(22)26/h14-15H,6-9,21H2,1-5H3,(H2,22,26)(H4,23,24,25)/t14-,15?/m0/s1. The van der Waals surface area contributed by atoms with Gasteiger partial charge in [-0.2, -0.15) is 0 Å². The molecule has 10 heteroatoms. The zero-order valence-corrected chi connectivity index (χ0v) is 19.1. The molecule has 1 unspecified atom stereocenters. The van der Waals surface area contributed by atoms with Crippen LogP contribution in [-0.2, 0) is 21.1 Å². The van der Waals surface area contributed by atoms with E-state index in [1.54, 1.807) is 13.8 Å². The van der Waals surface area contributed by atoms with Crippen LogP contribution in [0.4, 0.5) is 0 Å². The number of hydrogen-bond donors (Lipinski definition) is 4. The van der Waals surface area contributed by atoms with Gasteiger partial charge in [-0.1, -0.05) is 0 Å². The van der Waals surface area contributed by atoms with Crippen LogP contribution >= 0.6 is 0 Å². The lowest BCUT2D eigenvalue weighted by atomic mass is 9.88. The molecule has 0 aliphatic carbocycles. The first-order valence-electron chi connectivity index (χ1n) is 9.88. The van der Waals surface area contributed by atoms with E-state index < -0.39 is 27.2 Å². The van der Waals surface area contributed by atoms with Gasteiger partial charge in [-0.05, 0) is 82.6 Å². The average Bonchev–Trinajstić information content (AvgIpc) is 2.61. The Morgan fingerprint density at radius 2 is 1.70 bits per heavy atom. The number of primary amides is 1. The zero-order valence-electron chi connectivity index (χ0n) is 18.3. The summed E-state index contributed by atoms with van der Waals surface area (Å²) in [5, 5.41) is -1.27. The van der Waals surface area contributed by atoms with Crippen LogP contribution in [0.15, 0.2) is 9.89 Å². The van der Waals surface area contributed by atoms with Gasteiger partial charge in [0.05, 0.1) is 10.9 Å². The SMILES string of the molecule is Cc1c(C)c(S(=O)(=O)C(CC[C@H](N)C(N)=O)N=C(N)N)c(C)c2c1OC(C)(C)CC2. The maximum absolute atomic E-state index is 13.6. The number of benzene rings is 1. The molecule has 2 rings (SSSR count). The third-order valence-corrected chi connectivity index (χ3v) is 7.93. The molecule has 1 aliphatic heterocycles. The summed E-state index contributed by atoms with van der Waals surface area (Å²) < 4.78 is 33.5. The van der Waals surface area contributed by atoms with E-state index in [2.05, 4.69) is 4.99 Å². The molecule has 30 heavy (non-hydrogen) atoms. The predicted molar refractivity (Wildman–Crippen MR) is 117 cm³/mol. The second kappa shape index (κ2) is 8.43. The van der Waals surface area contributed by atoms with Crippen molar-refractivity contribution in [1.82, 2.24) is 0 Å². The Bertz CT molecular complexity index is 982. The van der Waals surface area contributed by atoms with Crippen LogP contribution in [0.3, 0.4) is 0 Å². The monoisotopic (exact) mass is 439 g/mol. The molecule has 0 radical (unpaired) electrons. The number of aliphatic imine (C=N–C) groups is 1. The van der Waals surface area contributed by atoms with Crippen molar-refractivity contribution in [1.29, 1.82) is 0 Å². The van der Waals surface area contributed by atoms with E-state index in [0.29, 0.717) is 17.5 Å². The molecule has 1 heterocycles. The minimum absolute atomic E-state index is 0.0370. The van der Waals surface area contributed by atoms with Gasteiger partial charge < -0.3 is 27.7 Å². The zero-order chi connectivity index (χ0) is 23.0. The second-order valence-electron chi connectivity index (χ2n) is 8.51. The number of guanidine groups is 1. The van der Waals surface area contributed by atoms with Gasteiger partial charge in [-0.15, -0.1) is 0 Å². The number of fused-ring (bicyclic) bond motifs is 1. The molecule has 1 aromatic rings. The number of rotatable bonds is 7. The number of ether oxygens (including phenoxy) is 1. The van der Waals surface area contributed by atoms with Crippen LogP contribution in [0.25, 0.3) is 0 Å². The van der Waals surface area contributed by atoms with Gasteiger partial charge in [-0.3, -0.25) is 4.79 Å². The second-order valence-corrected chi connectivity index (χ2v) is 10.6. The number of nitrogens with zero attached hydrogens (tertiary/aromatic N) is 1. The Balaban J connectivity index is 2.60. The highest BCUT2D eigenvalue weighted by Crippen LogP contribution is 2.43. The normalized spacial score (nSPS) is 17.4. The molecule has 2 atom stereocenters. The first kappa shape index (κ1) is 23.9. The third-order valence-electron chi connectivity index (χ3n) is 5.69. The Hall–Kier alpha value is -2.33. The fourth-order valence-electron chi connectivity index (χ4n) is 3.83. The Labute approximate surface area is 178 Å². The Kier molecular flexibility index (Phi) is 6.72. The predicted octanol–water partition coefficient (Wildman–Crippen LogP) is 0.681. The largest absolute Gasteiger partial charge is 0.487 e. The summed E-state index contributed by atoms with van der Waals surface area (Å²) in [6.07, 6.45) is 1.48. The first-order chi connectivity index (χ1) is 13.7. The van der Waals surface area contributed by atoms with Crippen LogP contribution in [-0.4, -0.2) is 37.3 Å². The van der Waals surface area contributed by atoms with Gasteiger partial charge in [0.2, 0.25) is 15.7 Å². The molecule has 9 nitrogen and oxygen atoms in total. The quantitative estimate of drug-likeness (QED) is 0.356. The molecule has 0 saturated carbocycles. The van der Waals surface area contributed by atoms with E-state index >= 15 is 0 Å². The fraction of sp³-hybridized carbons (Fsp3) is 0.600. The number of sulfone groups is 1. The maximum atomic E-state index is 13.6. The van der Waals surface area contributed by atoms with Crippen molar-refractivity contribution in [3.63, 3.8) is 0 Å². The van der Waals surface area contributed by atoms with Gasteiger partial charge in [0.15, 0.2) is 11.3 Å². The summed E-state index contributed by atoms with van der Waals surface area (Å²) in [6.45, 7) is 9.42. The van der Waals surface area contributed by atoms with E-state index in [0.717, 1.165) is 23.3 Å². The minimum Gasteiger partial charge on any atom is -0.487 e. The van der Waals surface area contributed by atoms with E-state index in [9.17, 15) is 13.2 Å².